The van der Waals surface area contributed by atoms with E-state index in [0.717, 1.165) is 19.1 Å². The Bertz CT molecular complexity index is 1250. The first-order valence-electron chi connectivity index (χ1n) is 10.5. The quantitative estimate of drug-likeness (QED) is 0.482. The summed E-state index contributed by atoms with van der Waals surface area (Å²) in [5.41, 5.74) is -0.303. The van der Waals surface area contributed by atoms with Gasteiger partial charge in [0.1, 0.15) is 27.3 Å². The minimum Gasteiger partial charge on any atom is -0.393 e. The monoisotopic (exact) mass is 458 g/mol. The van der Waals surface area contributed by atoms with Gasteiger partial charge in [-0.25, -0.2) is 18.4 Å². The molecule has 10 nitrogen and oxygen atoms in total. The fourth-order valence-corrected chi connectivity index (χ4v) is 4.35. The van der Waals surface area contributed by atoms with Crippen LogP contribution in [-0.4, -0.2) is 57.2 Å². The Morgan fingerprint density at radius 3 is 2.66 bits per heavy atom. The highest BCUT2D eigenvalue weighted by molar-refractivity contribution is 7.90. The number of aromatic nitrogens is 4. The van der Waals surface area contributed by atoms with Gasteiger partial charge in [-0.1, -0.05) is 0 Å². The molecule has 0 amide bonds. The maximum atomic E-state index is 13.2. The van der Waals surface area contributed by atoms with E-state index in [4.69, 9.17) is 0 Å². The molecule has 0 unspecified atom stereocenters. The van der Waals surface area contributed by atoms with E-state index in [9.17, 15) is 18.3 Å². The van der Waals surface area contributed by atoms with Crippen molar-refractivity contribution in [3.63, 3.8) is 0 Å². The van der Waals surface area contributed by atoms with Crippen molar-refractivity contribution in [2.75, 3.05) is 22.6 Å². The Morgan fingerprint density at radius 1 is 1.19 bits per heavy atom. The summed E-state index contributed by atoms with van der Waals surface area (Å²) in [6.07, 6.45) is 10.1. The summed E-state index contributed by atoms with van der Waals surface area (Å²) in [6, 6.07) is 3.60. The van der Waals surface area contributed by atoms with E-state index in [0.29, 0.717) is 41.1 Å². The normalized spacial score (nSPS) is 19.1. The topological polar surface area (TPSA) is 139 Å². The predicted molar refractivity (Wildman–Crippen MR) is 123 cm³/mol. The largest absolute Gasteiger partial charge is 0.393 e. The summed E-state index contributed by atoms with van der Waals surface area (Å²) in [5.74, 6) is 1.33. The van der Waals surface area contributed by atoms with Gasteiger partial charge < -0.3 is 20.3 Å². The van der Waals surface area contributed by atoms with Crippen LogP contribution in [0.1, 0.15) is 25.7 Å². The highest BCUT2D eigenvalue weighted by atomic mass is 32.2. The molecule has 0 saturated heterocycles. The smallest absolute Gasteiger partial charge is 0.262 e. The summed E-state index contributed by atoms with van der Waals surface area (Å²) in [7, 11) is -3.21. The van der Waals surface area contributed by atoms with E-state index in [-0.39, 0.29) is 30.0 Å². The van der Waals surface area contributed by atoms with Crippen molar-refractivity contribution in [1.82, 2.24) is 19.5 Å². The molecule has 1 aliphatic rings. The van der Waals surface area contributed by atoms with E-state index in [2.05, 4.69) is 25.6 Å². The lowest BCUT2D eigenvalue weighted by molar-refractivity contribution is 0.126. The van der Waals surface area contributed by atoms with Gasteiger partial charge in [-0.3, -0.25) is 9.78 Å². The summed E-state index contributed by atoms with van der Waals surface area (Å²) < 4.78 is 24.5. The van der Waals surface area contributed by atoms with Gasteiger partial charge in [-0.2, -0.15) is 0 Å². The molecular weight excluding hydrogens is 432 g/mol. The molecule has 1 fully saturated rings. The molecule has 3 heterocycles. The highest BCUT2D eigenvalue weighted by Crippen LogP contribution is 2.27. The number of nitrogens with one attached hydrogen (secondary N) is 2. The van der Waals surface area contributed by atoms with Gasteiger partial charge in [0.05, 0.1) is 23.4 Å². The predicted octanol–water partition coefficient (Wildman–Crippen LogP) is 1.69. The molecule has 0 radical (unpaired) electrons. The standard InChI is InChI=1S/C21H26N6O4S/c1-32(30,31)11-10-27-9-6-14-12-17(25-18-13-22-7-8-23-18)26-20(19(14)21(27)29)24-15-2-4-16(28)5-3-15/h6-9,12-13,15-16,28H,2-5,10-11H2,1H3,(H2,23,24,25,26). The number of aryl methyl sites for hydroxylation is 1. The number of aliphatic hydroxyl groups is 1. The number of anilines is 3. The van der Waals surface area contributed by atoms with Gasteiger partial charge in [0.25, 0.3) is 5.56 Å². The number of sulfone groups is 1. The van der Waals surface area contributed by atoms with Crippen LogP contribution in [0.15, 0.2) is 41.7 Å². The fraction of sp³-hybridized carbons (Fsp3) is 0.429. The van der Waals surface area contributed by atoms with Crippen LogP contribution in [-0.2, 0) is 16.4 Å². The highest BCUT2D eigenvalue weighted by Gasteiger charge is 2.22. The van der Waals surface area contributed by atoms with Crippen molar-refractivity contribution in [1.29, 1.82) is 0 Å². The number of aliphatic hydroxyl groups excluding tert-OH is 1. The number of rotatable bonds is 7. The van der Waals surface area contributed by atoms with Gasteiger partial charge >= 0.3 is 0 Å². The van der Waals surface area contributed by atoms with Crippen LogP contribution in [0, 0.1) is 0 Å². The molecule has 3 aromatic heterocycles. The van der Waals surface area contributed by atoms with Crippen LogP contribution in [0.25, 0.3) is 10.8 Å². The first-order valence-corrected chi connectivity index (χ1v) is 12.5. The summed E-state index contributed by atoms with van der Waals surface area (Å²) in [5, 5.41) is 17.4. The first-order chi connectivity index (χ1) is 15.3. The Hall–Kier alpha value is -3.05. The van der Waals surface area contributed by atoms with Crippen molar-refractivity contribution < 1.29 is 13.5 Å². The van der Waals surface area contributed by atoms with Crippen LogP contribution in [0.3, 0.4) is 0 Å². The molecule has 32 heavy (non-hydrogen) atoms. The SMILES string of the molecule is CS(=O)(=O)CCn1ccc2cc(Nc3cnccn3)nc(NC3CCC(O)CC3)c2c1=O. The van der Waals surface area contributed by atoms with E-state index in [1.54, 1.807) is 36.9 Å². The van der Waals surface area contributed by atoms with Crippen LogP contribution in [0.4, 0.5) is 17.5 Å². The van der Waals surface area contributed by atoms with Crippen molar-refractivity contribution in [3.05, 3.63) is 47.3 Å². The van der Waals surface area contributed by atoms with E-state index < -0.39 is 9.84 Å². The number of hydrogen-bond donors (Lipinski definition) is 3. The van der Waals surface area contributed by atoms with Gasteiger partial charge in [0.15, 0.2) is 0 Å². The third-order valence-electron chi connectivity index (χ3n) is 5.52. The summed E-state index contributed by atoms with van der Waals surface area (Å²) >= 11 is 0. The Labute approximate surface area is 185 Å². The Morgan fingerprint density at radius 2 is 1.97 bits per heavy atom. The molecule has 0 aliphatic heterocycles. The molecular formula is C21H26N6O4S. The third-order valence-corrected chi connectivity index (χ3v) is 6.44. The second kappa shape index (κ2) is 9.21. The molecule has 11 heteroatoms. The third kappa shape index (κ3) is 5.40. The minimum atomic E-state index is -3.21. The zero-order chi connectivity index (χ0) is 22.7. The average molecular weight is 459 g/mol. The van der Waals surface area contributed by atoms with Crippen LogP contribution in [0.2, 0.25) is 0 Å². The van der Waals surface area contributed by atoms with Crippen LogP contribution < -0.4 is 16.2 Å². The van der Waals surface area contributed by atoms with Crippen molar-refractivity contribution in [3.8, 4) is 0 Å². The molecule has 1 aliphatic carbocycles. The van der Waals surface area contributed by atoms with Crippen molar-refractivity contribution in [2.24, 2.45) is 0 Å². The van der Waals surface area contributed by atoms with Crippen molar-refractivity contribution in [2.45, 2.75) is 44.4 Å². The van der Waals surface area contributed by atoms with Gasteiger partial charge in [-0.15, -0.1) is 0 Å². The zero-order valence-corrected chi connectivity index (χ0v) is 18.5. The zero-order valence-electron chi connectivity index (χ0n) is 17.7. The second-order valence-corrected chi connectivity index (χ2v) is 10.4. The number of hydrogen-bond acceptors (Lipinski definition) is 9. The summed E-state index contributed by atoms with van der Waals surface area (Å²) in [4.78, 5) is 26.1. The molecule has 170 valence electrons. The van der Waals surface area contributed by atoms with Gasteiger partial charge in [0, 0.05) is 37.4 Å². The molecule has 0 spiro atoms. The van der Waals surface area contributed by atoms with E-state index >= 15 is 0 Å². The molecule has 0 bridgehead atoms. The summed E-state index contributed by atoms with van der Waals surface area (Å²) in [6.45, 7) is 0.0717. The van der Waals surface area contributed by atoms with Crippen LogP contribution in [0.5, 0.6) is 0 Å². The molecule has 3 aromatic rings. The lowest BCUT2D eigenvalue weighted by atomic mass is 9.93. The molecule has 0 atom stereocenters. The Kier molecular flexibility index (Phi) is 6.38. The lowest BCUT2D eigenvalue weighted by Gasteiger charge is -2.27. The molecule has 3 N–H and O–H groups in total. The Balaban J connectivity index is 1.74. The maximum Gasteiger partial charge on any atom is 0.262 e. The second-order valence-electron chi connectivity index (χ2n) is 8.13. The number of nitrogens with zero attached hydrogens (tertiary/aromatic N) is 4. The van der Waals surface area contributed by atoms with E-state index in [1.807, 2.05) is 0 Å². The average Bonchev–Trinajstić information content (AvgIpc) is 2.75. The lowest BCUT2D eigenvalue weighted by Crippen LogP contribution is -2.30. The molecule has 0 aromatic carbocycles. The van der Waals surface area contributed by atoms with Crippen LogP contribution >= 0.6 is 0 Å². The van der Waals surface area contributed by atoms with Gasteiger partial charge in [0.2, 0.25) is 0 Å². The van der Waals surface area contributed by atoms with E-state index in [1.165, 1.54) is 4.57 Å². The first kappa shape index (κ1) is 22.2. The number of fused-ring (bicyclic) bond motifs is 1. The number of pyridine rings is 2. The maximum absolute atomic E-state index is 13.2. The minimum absolute atomic E-state index is 0.0717. The van der Waals surface area contributed by atoms with Crippen molar-refractivity contribution >= 4 is 38.1 Å². The molecule has 4 rings (SSSR count). The fourth-order valence-electron chi connectivity index (χ4n) is 3.82. The van der Waals surface area contributed by atoms with Gasteiger partial charge in [-0.05, 0) is 43.2 Å². The molecule has 1 saturated carbocycles.